The molecular formula is C14H13FN2O. The lowest BCUT2D eigenvalue weighted by Crippen LogP contribution is -2.04. The second-order valence-electron chi connectivity index (χ2n) is 4.00. The molecule has 0 radical (unpaired) electrons. The van der Waals surface area contributed by atoms with Crippen molar-refractivity contribution >= 4 is 5.78 Å². The highest BCUT2D eigenvalue weighted by atomic mass is 19.1. The lowest BCUT2D eigenvalue weighted by molar-refractivity contribution is 0.0978. The van der Waals surface area contributed by atoms with Gasteiger partial charge in [-0.2, -0.15) is 0 Å². The lowest BCUT2D eigenvalue weighted by Gasteiger charge is -2.06. The van der Waals surface area contributed by atoms with Crippen LogP contribution in [0.1, 0.15) is 29.5 Å². The van der Waals surface area contributed by atoms with Crippen LogP contribution in [-0.4, -0.2) is 15.8 Å². The summed E-state index contributed by atoms with van der Waals surface area (Å²) in [5.74, 6) is -0.175. The molecule has 1 aromatic carbocycles. The van der Waals surface area contributed by atoms with E-state index in [-0.39, 0.29) is 17.4 Å². The molecule has 0 spiro atoms. The predicted molar refractivity (Wildman–Crippen MR) is 66.8 cm³/mol. The molecule has 0 unspecified atom stereocenters. The zero-order chi connectivity index (χ0) is 13.1. The number of nitrogens with zero attached hydrogens (tertiary/aromatic N) is 2. The van der Waals surface area contributed by atoms with E-state index >= 15 is 0 Å². The highest BCUT2D eigenvalue weighted by Gasteiger charge is 2.10. The van der Waals surface area contributed by atoms with Crippen molar-refractivity contribution in [1.29, 1.82) is 0 Å². The molecule has 0 aliphatic carbocycles. The van der Waals surface area contributed by atoms with Gasteiger partial charge in [-0.25, -0.2) is 14.4 Å². The molecule has 0 saturated carbocycles. The number of hydrogen-bond acceptors (Lipinski definition) is 3. The van der Waals surface area contributed by atoms with Gasteiger partial charge >= 0.3 is 0 Å². The zero-order valence-corrected chi connectivity index (χ0v) is 10.3. The third-order valence-corrected chi connectivity index (χ3v) is 2.69. The van der Waals surface area contributed by atoms with Gasteiger partial charge in [0.25, 0.3) is 0 Å². The highest BCUT2D eigenvalue weighted by molar-refractivity contribution is 5.92. The average Bonchev–Trinajstić information content (AvgIpc) is 2.38. The monoisotopic (exact) mass is 244 g/mol. The first-order valence-electron chi connectivity index (χ1n) is 5.74. The van der Waals surface area contributed by atoms with E-state index in [0.29, 0.717) is 12.1 Å². The van der Waals surface area contributed by atoms with Crippen molar-refractivity contribution in [3.63, 3.8) is 0 Å². The molecule has 1 aromatic heterocycles. The number of benzene rings is 1. The maximum Gasteiger partial charge on any atom is 0.199 e. The first kappa shape index (κ1) is 12.4. The summed E-state index contributed by atoms with van der Waals surface area (Å²) in [6.45, 7) is 3.57. The first-order valence-corrected chi connectivity index (χ1v) is 5.74. The minimum Gasteiger partial charge on any atom is -0.291 e. The van der Waals surface area contributed by atoms with Gasteiger partial charge in [0.05, 0.1) is 5.69 Å². The summed E-state index contributed by atoms with van der Waals surface area (Å²) in [6.07, 6.45) is 1.92. The van der Waals surface area contributed by atoms with Crippen molar-refractivity contribution < 1.29 is 9.18 Å². The molecule has 2 rings (SSSR count). The number of rotatable bonds is 3. The molecule has 0 aliphatic rings. The minimum absolute atomic E-state index is 0.100. The van der Waals surface area contributed by atoms with Crippen LogP contribution in [0.4, 0.5) is 4.39 Å². The van der Waals surface area contributed by atoms with E-state index in [1.54, 1.807) is 25.3 Å². The second kappa shape index (κ2) is 5.04. The van der Waals surface area contributed by atoms with E-state index in [1.807, 2.05) is 6.92 Å². The fourth-order valence-electron chi connectivity index (χ4n) is 1.72. The molecule has 18 heavy (non-hydrogen) atoms. The summed E-state index contributed by atoms with van der Waals surface area (Å²) in [5, 5.41) is 0. The van der Waals surface area contributed by atoms with Gasteiger partial charge in [0.15, 0.2) is 11.6 Å². The van der Waals surface area contributed by atoms with Crippen LogP contribution in [0.5, 0.6) is 0 Å². The summed E-state index contributed by atoms with van der Waals surface area (Å²) in [5.41, 5.74) is 2.23. The fraction of sp³-hybridized carbons (Fsp3) is 0.214. The normalized spacial score (nSPS) is 10.4. The summed E-state index contributed by atoms with van der Waals surface area (Å²) in [4.78, 5) is 19.7. The molecule has 1 heterocycles. The largest absolute Gasteiger partial charge is 0.291 e. The van der Waals surface area contributed by atoms with E-state index in [9.17, 15) is 9.18 Å². The summed E-state index contributed by atoms with van der Waals surface area (Å²) >= 11 is 0. The molecular weight excluding hydrogens is 231 g/mol. The molecule has 2 aromatic rings. The molecule has 0 N–H and O–H groups in total. The molecule has 4 heteroatoms. The molecule has 3 nitrogen and oxygen atoms in total. The number of aryl methyl sites for hydroxylation is 1. The van der Waals surface area contributed by atoms with Crippen molar-refractivity contribution in [2.45, 2.75) is 20.3 Å². The quantitative estimate of drug-likeness (QED) is 0.779. The van der Waals surface area contributed by atoms with Crippen LogP contribution in [0.3, 0.4) is 0 Å². The van der Waals surface area contributed by atoms with Crippen molar-refractivity contribution in [3.8, 4) is 11.3 Å². The van der Waals surface area contributed by atoms with E-state index in [0.717, 1.165) is 11.1 Å². The Balaban J connectivity index is 2.48. The Morgan fingerprint density at radius 3 is 2.78 bits per heavy atom. The van der Waals surface area contributed by atoms with Gasteiger partial charge in [-0.1, -0.05) is 6.92 Å². The number of aromatic nitrogens is 2. The van der Waals surface area contributed by atoms with E-state index in [4.69, 9.17) is 0 Å². The van der Waals surface area contributed by atoms with Crippen molar-refractivity contribution in [3.05, 3.63) is 47.7 Å². The Labute approximate surface area is 105 Å². The van der Waals surface area contributed by atoms with Crippen molar-refractivity contribution in [2.24, 2.45) is 0 Å². The topological polar surface area (TPSA) is 42.9 Å². The Morgan fingerprint density at radius 1 is 1.33 bits per heavy atom. The number of hydrogen-bond donors (Lipinski definition) is 0. The Hall–Kier alpha value is -2.10. The smallest absolute Gasteiger partial charge is 0.199 e. The Kier molecular flexibility index (Phi) is 3.46. The Bertz CT molecular complexity index is 596. The van der Waals surface area contributed by atoms with Crippen LogP contribution in [0.2, 0.25) is 0 Å². The Morgan fingerprint density at radius 2 is 2.11 bits per heavy atom. The van der Waals surface area contributed by atoms with Gasteiger partial charge in [0.2, 0.25) is 0 Å². The van der Waals surface area contributed by atoms with Crippen LogP contribution in [-0.2, 0) is 0 Å². The maximum absolute atomic E-state index is 13.0. The first-order chi connectivity index (χ1) is 8.61. The SMILES string of the molecule is CCC(=O)c1nccc(-c2ccc(F)cc2C)n1. The van der Waals surface area contributed by atoms with Gasteiger partial charge in [-0.05, 0) is 36.8 Å². The van der Waals surface area contributed by atoms with E-state index < -0.39 is 0 Å². The average molecular weight is 244 g/mol. The van der Waals surface area contributed by atoms with Crippen molar-refractivity contribution in [2.75, 3.05) is 0 Å². The van der Waals surface area contributed by atoms with Gasteiger partial charge in [0.1, 0.15) is 5.82 Å². The molecule has 0 aliphatic heterocycles. The summed E-state index contributed by atoms with van der Waals surface area (Å²) in [7, 11) is 0. The highest BCUT2D eigenvalue weighted by Crippen LogP contribution is 2.21. The standard InChI is InChI=1S/C14H13FN2O/c1-3-13(18)14-16-7-6-12(17-14)11-5-4-10(15)8-9(11)2/h4-8H,3H2,1-2H3. The third kappa shape index (κ3) is 2.42. The number of carbonyl (C=O) groups excluding carboxylic acids is 1. The van der Waals surface area contributed by atoms with Crippen LogP contribution in [0.25, 0.3) is 11.3 Å². The molecule has 0 amide bonds. The maximum atomic E-state index is 13.0. The lowest BCUT2D eigenvalue weighted by atomic mass is 10.1. The third-order valence-electron chi connectivity index (χ3n) is 2.69. The molecule has 0 bridgehead atoms. The molecule has 0 saturated heterocycles. The van der Waals surface area contributed by atoms with Gasteiger partial charge in [-0.3, -0.25) is 4.79 Å². The molecule has 92 valence electrons. The van der Waals surface area contributed by atoms with Crippen LogP contribution in [0, 0.1) is 12.7 Å². The number of Topliss-reactive ketones (excluding diaryl/α,β-unsaturated/α-hetero) is 1. The van der Waals surface area contributed by atoms with Crippen LogP contribution >= 0.6 is 0 Å². The fourth-order valence-corrected chi connectivity index (χ4v) is 1.72. The summed E-state index contributed by atoms with van der Waals surface area (Å²) in [6, 6.07) is 6.20. The minimum atomic E-state index is -0.282. The molecule has 0 atom stereocenters. The molecule has 0 fully saturated rings. The van der Waals surface area contributed by atoms with Crippen molar-refractivity contribution in [1.82, 2.24) is 9.97 Å². The van der Waals surface area contributed by atoms with Gasteiger partial charge in [-0.15, -0.1) is 0 Å². The van der Waals surface area contributed by atoms with E-state index in [1.165, 1.54) is 12.1 Å². The summed E-state index contributed by atoms with van der Waals surface area (Å²) < 4.78 is 13.0. The zero-order valence-electron chi connectivity index (χ0n) is 10.3. The van der Waals surface area contributed by atoms with E-state index in [2.05, 4.69) is 9.97 Å². The van der Waals surface area contributed by atoms with Gasteiger partial charge in [0, 0.05) is 18.2 Å². The second-order valence-corrected chi connectivity index (χ2v) is 4.00. The predicted octanol–water partition coefficient (Wildman–Crippen LogP) is 3.18. The van der Waals surface area contributed by atoms with Crippen LogP contribution < -0.4 is 0 Å². The van der Waals surface area contributed by atoms with Gasteiger partial charge < -0.3 is 0 Å². The van der Waals surface area contributed by atoms with Crippen LogP contribution in [0.15, 0.2) is 30.5 Å². The number of halogens is 1. The number of ketones is 1. The number of carbonyl (C=O) groups is 1.